The third kappa shape index (κ3) is 2.95. The maximum absolute atomic E-state index is 12.4. The first-order chi connectivity index (χ1) is 10.7. The van der Waals surface area contributed by atoms with Crippen LogP contribution in [0.4, 0.5) is 4.79 Å². The fourth-order valence-corrected chi connectivity index (χ4v) is 2.96. The summed E-state index contributed by atoms with van der Waals surface area (Å²) in [6, 6.07) is 15.5. The minimum atomic E-state index is -0.413. The van der Waals surface area contributed by atoms with Crippen molar-refractivity contribution in [2.24, 2.45) is 0 Å². The second-order valence-corrected chi connectivity index (χ2v) is 5.88. The van der Waals surface area contributed by atoms with Crippen molar-refractivity contribution in [3.8, 4) is 0 Å². The molecular weight excluding hydrogens is 298 g/mol. The van der Waals surface area contributed by atoms with E-state index in [0.717, 1.165) is 23.1 Å². The SMILES string of the molecule is CCCN1Cc2ccc(Cl)cc2C(c2ccccc2)OC1=O. The predicted molar refractivity (Wildman–Crippen MR) is 86.9 cm³/mol. The zero-order valence-electron chi connectivity index (χ0n) is 12.5. The molecule has 3 nitrogen and oxygen atoms in total. The average Bonchev–Trinajstić information content (AvgIpc) is 2.66. The number of hydrogen-bond acceptors (Lipinski definition) is 2. The summed E-state index contributed by atoms with van der Waals surface area (Å²) in [5, 5.41) is 0.652. The molecule has 4 heteroatoms. The van der Waals surface area contributed by atoms with Crippen molar-refractivity contribution in [3.63, 3.8) is 0 Å². The van der Waals surface area contributed by atoms with E-state index in [4.69, 9.17) is 16.3 Å². The standard InChI is InChI=1S/C18H18ClNO2/c1-2-10-20-12-14-8-9-15(19)11-16(14)17(22-18(20)21)13-6-4-3-5-7-13/h3-9,11,17H,2,10,12H2,1H3. The van der Waals surface area contributed by atoms with Gasteiger partial charge < -0.3 is 9.64 Å². The lowest BCUT2D eigenvalue weighted by molar-refractivity contribution is 0.0825. The lowest BCUT2D eigenvalue weighted by Gasteiger charge is -2.20. The van der Waals surface area contributed by atoms with E-state index in [9.17, 15) is 4.79 Å². The molecule has 1 atom stereocenters. The Kier molecular flexibility index (Phi) is 4.34. The zero-order valence-corrected chi connectivity index (χ0v) is 13.2. The molecule has 0 fully saturated rings. The number of benzene rings is 2. The van der Waals surface area contributed by atoms with Crippen LogP contribution in [0.25, 0.3) is 0 Å². The molecule has 0 saturated heterocycles. The Morgan fingerprint density at radius 1 is 1.23 bits per heavy atom. The van der Waals surface area contributed by atoms with Gasteiger partial charge in [0.25, 0.3) is 0 Å². The smallest absolute Gasteiger partial charge is 0.411 e. The van der Waals surface area contributed by atoms with Crippen molar-refractivity contribution < 1.29 is 9.53 Å². The summed E-state index contributed by atoms with van der Waals surface area (Å²) >= 11 is 6.16. The zero-order chi connectivity index (χ0) is 15.5. The third-order valence-corrected chi connectivity index (χ3v) is 4.06. The van der Waals surface area contributed by atoms with Gasteiger partial charge in [0, 0.05) is 23.7 Å². The molecular formula is C18H18ClNO2. The van der Waals surface area contributed by atoms with E-state index in [1.165, 1.54) is 0 Å². The van der Waals surface area contributed by atoms with E-state index in [2.05, 4.69) is 6.92 Å². The molecule has 3 rings (SSSR count). The second-order valence-electron chi connectivity index (χ2n) is 5.44. The molecule has 1 amide bonds. The fourth-order valence-electron chi connectivity index (χ4n) is 2.78. The van der Waals surface area contributed by atoms with Gasteiger partial charge in [-0.2, -0.15) is 0 Å². The van der Waals surface area contributed by atoms with Gasteiger partial charge in [0.2, 0.25) is 0 Å². The molecule has 0 spiro atoms. The summed E-state index contributed by atoms with van der Waals surface area (Å²) in [6.07, 6.45) is 0.209. The average molecular weight is 316 g/mol. The van der Waals surface area contributed by atoms with E-state index in [1.54, 1.807) is 4.90 Å². The van der Waals surface area contributed by atoms with Crippen molar-refractivity contribution in [1.82, 2.24) is 4.90 Å². The van der Waals surface area contributed by atoms with Crippen LogP contribution in [0.1, 0.15) is 36.1 Å². The molecule has 1 unspecified atom stereocenters. The van der Waals surface area contributed by atoms with Crippen LogP contribution in [0.3, 0.4) is 0 Å². The maximum atomic E-state index is 12.4. The molecule has 22 heavy (non-hydrogen) atoms. The molecule has 0 aromatic heterocycles. The van der Waals surface area contributed by atoms with Crippen LogP contribution in [-0.4, -0.2) is 17.5 Å². The molecule has 1 aliphatic heterocycles. The van der Waals surface area contributed by atoms with Gasteiger partial charge in [-0.1, -0.05) is 54.9 Å². The molecule has 0 aliphatic carbocycles. The summed E-state index contributed by atoms with van der Waals surface area (Å²) in [5.74, 6) is 0. The highest BCUT2D eigenvalue weighted by atomic mass is 35.5. The minimum absolute atomic E-state index is 0.275. The topological polar surface area (TPSA) is 29.5 Å². The van der Waals surface area contributed by atoms with Crippen LogP contribution >= 0.6 is 11.6 Å². The number of hydrogen-bond donors (Lipinski definition) is 0. The number of cyclic esters (lactones) is 1. The van der Waals surface area contributed by atoms with Crippen LogP contribution in [0, 0.1) is 0 Å². The Labute approximate surface area is 135 Å². The van der Waals surface area contributed by atoms with E-state index in [-0.39, 0.29) is 6.09 Å². The number of ether oxygens (including phenoxy) is 1. The predicted octanol–water partition coefficient (Wildman–Crippen LogP) is 4.79. The number of nitrogens with zero attached hydrogens (tertiary/aromatic N) is 1. The largest absolute Gasteiger partial charge is 0.436 e. The Balaban J connectivity index is 2.07. The Morgan fingerprint density at radius 2 is 2.00 bits per heavy atom. The Hall–Kier alpha value is -2.00. The summed E-state index contributed by atoms with van der Waals surface area (Å²) < 4.78 is 5.77. The number of carbonyl (C=O) groups is 1. The number of rotatable bonds is 3. The van der Waals surface area contributed by atoms with E-state index < -0.39 is 6.10 Å². The number of amides is 1. The molecule has 1 heterocycles. The van der Waals surface area contributed by atoms with Crippen molar-refractivity contribution in [2.45, 2.75) is 26.0 Å². The van der Waals surface area contributed by atoms with E-state index in [1.807, 2.05) is 48.5 Å². The molecule has 0 radical (unpaired) electrons. The first kappa shape index (κ1) is 14.9. The quantitative estimate of drug-likeness (QED) is 0.815. The molecule has 2 aromatic carbocycles. The molecule has 0 saturated carbocycles. The molecule has 2 aromatic rings. The summed E-state index contributed by atoms with van der Waals surface area (Å²) in [4.78, 5) is 14.2. The number of fused-ring (bicyclic) bond motifs is 1. The monoisotopic (exact) mass is 315 g/mol. The lowest BCUT2D eigenvalue weighted by atomic mass is 9.97. The van der Waals surface area contributed by atoms with E-state index in [0.29, 0.717) is 18.1 Å². The van der Waals surface area contributed by atoms with Gasteiger partial charge >= 0.3 is 6.09 Å². The van der Waals surface area contributed by atoms with Crippen molar-refractivity contribution >= 4 is 17.7 Å². The number of carbonyl (C=O) groups excluding carboxylic acids is 1. The van der Waals surface area contributed by atoms with Gasteiger partial charge in [-0.05, 0) is 29.7 Å². The normalized spacial score (nSPS) is 17.6. The van der Waals surface area contributed by atoms with Crippen LogP contribution in [0.15, 0.2) is 48.5 Å². The first-order valence-electron chi connectivity index (χ1n) is 7.48. The van der Waals surface area contributed by atoms with Crippen LogP contribution in [0.5, 0.6) is 0 Å². The molecule has 0 bridgehead atoms. The second kappa shape index (κ2) is 6.41. The minimum Gasteiger partial charge on any atom is -0.436 e. The lowest BCUT2D eigenvalue weighted by Crippen LogP contribution is -2.30. The van der Waals surface area contributed by atoms with Gasteiger partial charge in [0.05, 0.1) is 0 Å². The summed E-state index contributed by atoms with van der Waals surface area (Å²) in [6.45, 7) is 3.29. The third-order valence-electron chi connectivity index (χ3n) is 3.82. The fraction of sp³-hybridized carbons (Fsp3) is 0.278. The van der Waals surface area contributed by atoms with Gasteiger partial charge in [-0.3, -0.25) is 0 Å². The van der Waals surface area contributed by atoms with Crippen LogP contribution in [0.2, 0.25) is 5.02 Å². The van der Waals surface area contributed by atoms with Gasteiger partial charge in [0.15, 0.2) is 6.10 Å². The first-order valence-corrected chi connectivity index (χ1v) is 7.85. The highest BCUT2D eigenvalue weighted by Gasteiger charge is 2.29. The van der Waals surface area contributed by atoms with Crippen molar-refractivity contribution in [1.29, 1.82) is 0 Å². The van der Waals surface area contributed by atoms with Crippen LogP contribution in [-0.2, 0) is 11.3 Å². The molecule has 114 valence electrons. The highest BCUT2D eigenvalue weighted by Crippen LogP contribution is 2.34. The summed E-state index contributed by atoms with van der Waals surface area (Å²) in [7, 11) is 0. The van der Waals surface area contributed by atoms with Crippen LogP contribution < -0.4 is 0 Å². The van der Waals surface area contributed by atoms with Gasteiger partial charge in [-0.15, -0.1) is 0 Å². The van der Waals surface area contributed by atoms with Gasteiger partial charge in [-0.25, -0.2) is 4.79 Å². The number of halogens is 1. The maximum Gasteiger partial charge on any atom is 0.411 e. The summed E-state index contributed by atoms with van der Waals surface area (Å²) in [5.41, 5.74) is 3.00. The molecule has 0 N–H and O–H groups in total. The Morgan fingerprint density at radius 3 is 2.73 bits per heavy atom. The van der Waals surface area contributed by atoms with Crippen molar-refractivity contribution in [3.05, 3.63) is 70.2 Å². The van der Waals surface area contributed by atoms with E-state index >= 15 is 0 Å². The Bertz CT molecular complexity index is 672. The highest BCUT2D eigenvalue weighted by molar-refractivity contribution is 6.30. The van der Waals surface area contributed by atoms with Gasteiger partial charge in [0.1, 0.15) is 0 Å². The van der Waals surface area contributed by atoms with Crippen molar-refractivity contribution in [2.75, 3.05) is 6.54 Å². The molecule has 1 aliphatic rings.